The van der Waals surface area contributed by atoms with E-state index in [1.54, 1.807) is 18.2 Å². The van der Waals surface area contributed by atoms with E-state index in [9.17, 15) is 13.2 Å². The second kappa shape index (κ2) is 10.0. The lowest BCUT2D eigenvalue weighted by atomic mass is 10.2. The van der Waals surface area contributed by atoms with Gasteiger partial charge in [0.25, 0.3) is 10.0 Å². The molecule has 1 heterocycles. The van der Waals surface area contributed by atoms with Crippen molar-refractivity contribution in [1.29, 1.82) is 0 Å². The van der Waals surface area contributed by atoms with E-state index in [2.05, 4.69) is 10.2 Å². The Morgan fingerprint density at radius 3 is 2.21 bits per heavy atom. The van der Waals surface area contributed by atoms with E-state index in [4.69, 9.17) is 23.2 Å². The predicted octanol–water partition coefficient (Wildman–Crippen LogP) is 5.43. The van der Waals surface area contributed by atoms with Gasteiger partial charge in [-0.3, -0.25) is 9.10 Å². The average Bonchev–Trinajstić information content (AvgIpc) is 3.35. The van der Waals surface area contributed by atoms with Gasteiger partial charge in [0.05, 0.1) is 20.6 Å². The van der Waals surface area contributed by atoms with Crippen molar-refractivity contribution in [2.24, 2.45) is 0 Å². The first-order chi connectivity index (χ1) is 15.8. The minimum absolute atomic E-state index is 0.0684. The maximum atomic E-state index is 13.4. The number of rotatable bonds is 7. The zero-order valence-electron chi connectivity index (χ0n) is 17.7. The Balaban J connectivity index is 1.57. The summed E-state index contributed by atoms with van der Waals surface area (Å²) < 4.78 is 27.8. The van der Waals surface area contributed by atoms with Crippen molar-refractivity contribution in [2.75, 3.05) is 34.2 Å². The van der Waals surface area contributed by atoms with Gasteiger partial charge in [-0.1, -0.05) is 41.4 Å². The molecule has 1 aliphatic heterocycles. The fourth-order valence-electron chi connectivity index (χ4n) is 3.74. The van der Waals surface area contributed by atoms with E-state index in [1.807, 2.05) is 24.3 Å². The second-order valence-electron chi connectivity index (χ2n) is 7.71. The lowest BCUT2D eigenvalue weighted by Crippen LogP contribution is -2.38. The number of hydrogen-bond donors (Lipinski definition) is 1. The van der Waals surface area contributed by atoms with Gasteiger partial charge in [-0.2, -0.15) is 0 Å². The molecule has 0 radical (unpaired) electrons. The highest BCUT2D eigenvalue weighted by atomic mass is 35.5. The molecule has 4 rings (SSSR count). The normalized spacial score (nSPS) is 13.7. The van der Waals surface area contributed by atoms with Crippen molar-refractivity contribution in [3.05, 3.63) is 82.8 Å². The number of halogens is 2. The summed E-state index contributed by atoms with van der Waals surface area (Å²) in [4.78, 5) is 15.2. The number of benzene rings is 3. The van der Waals surface area contributed by atoms with Crippen LogP contribution in [0.5, 0.6) is 0 Å². The van der Waals surface area contributed by atoms with Crippen LogP contribution in [0, 0.1) is 0 Å². The number of hydrogen-bond acceptors (Lipinski definition) is 4. The molecule has 3 aromatic carbocycles. The van der Waals surface area contributed by atoms with Gasteiger partial charge in [-0.15, -0.1) is 0 Å². The monoisotopic (exact) mass is 503 g/mol. The first-order valence-corrected chi connectivity index (χ1v) is 12.7. The molecule has 3 aromatic rings. The molecule has 1 fully saturated rings. The summed E-state index contributed by atoms with van der Waals surface area (Å²) in [5.41, 5.74) is 1.94. The van der Waals surface area contributed by atoms with E-state index < -0.39 is 22.5 Å². The topological polar surface area (TPSA) is 69.7 Å². The van der Waals surface area contributed by atoms with Crippen LogP contribution in [0.15, 0.2) is 77.7 Å². The van der Waals surface area contributed by atoms with Gasteiger partial charge in [0.15, 0.2) is 0 Å². The van der Waals surface area contributed by atoms with Crippen molar-refractivity contribution in [2.45, 2.75) is 17.7 Å². The van der Waals surface area contributed by atoms with E-state index in [1.165, 1.54) is 43.2 Å². The molecule has 1 saturated heterocycles. The molecule has 33 heavy (non-hydrogen) atoms. The highest BCUT2D eigenvalue weighted by Crippen LogP contribution is 2.30. The third-order valence-electron chi connectivity index (χ3n) is 5.43. The third-order valence-corrected chi connectivity index (χ3v) is 7.96. The molecular weight excluding hydrogens is 481 g/mol. The van der Waals surface area contributed by atoms with Crippen LogP contribution in [0.25, 0.3) is 0 Å². The Kier molecular flexibility index (Phi) is 7.12. The summed E-state index contributed by atoms with van der Waals surface area (Å²) in [7, 11) is -4.02. The number of carbonyl (C=O) groups is 1. The van der Waals surface area contributed by atoms with Crippen LogP contribution >= 0.6 is 23.2 Å². The van der Waals surface area contributed by atoms with Crippen LogP contribution in [-0.2, 0) is 14.8 Å². The van der Waals surface area contributed by atoms with Crippen LogP contribution in [0.4, 0.5) is 17.1 Å². The predicted molar refractivity (Wildman–Crippen MR) is 134 cm³/mol. The van der Waals surface area contributed by atoms with Crippen LogP contribution < -0.4 is 14.5 Å². The zero-order chi connectivity index (χ0) is 23.4. The molecule has 1 aliphatic rings. The summed E-state index contributed by atoms with van der Waals surface area (Å²) in [6, 6.07) is 19.9. The van der Waals surface area contributed by atoms with Gasteiger partial charge < -0.3 is 10.2 Å². The molecule has 0 saturated carbocycles. The summed E-state index contributed by atoms with van der Waals surface area (Å²) in [5, 5.41) is 3.27. The first-order valence-electron chi connectivity index (χ1n) is 10.5. The summed E-state index contributed by atoms with van der Waals surface area (Å²) in [6.07, 6.45) is 2.36. The van der Waals surface area contributed by atoms with Crippen molar-refractivity contribution >= 4 is 56.2 Å². The summed E-state index contributed by atoms with van der Waals surface area (Å²) in [5.74, 6) is -0.477. The number of nitrogens with zero attached hydrogens (tertiary/aromatic N) is 2. The van der Waals surface area contributed by atoms with E-state index in [0.717, 1.165) is 23.1 Å². The SMILES string of the molecule is O=C(CN(c1ccc(Cl)c(Cl)c1)S(=O)(=O)c1ccccc1)Nc1ccc(N2CCCC2)cc1. The number of sulfonamides is 1. The van der Waals surface area contributed by atoms with Crippen LogP contribution in [0.2, 0.25) is 10.0 Å². The highest BCUT2D eigenvalue weighted by molar-refractivity contribution is 7.92. The van der Waals surface area contributed by atoms with E-state index in [-0.39, 0.29) is 15.6 Å². The molecule has 0 unspecified atom stereocenters. The quantitative estimate of drug-likeness (QED) is 0.466. The Labute approximate surface area is 203 Å². The van der Waals surface area contributed by atoms with Crippen molar-refractivity contribution in [3.63, 3.8) is 0 Å². The maximum absolute atomic E-state index is 13.4. The number of anilines is 3. The van der Waals surface area contributed by atoms with Gasteiger partial charge in [0.1, 0.15) is 6.54 Å². The minimum Gasteiger partial charge on any atom is -0.372 e. The number of amides is 1. The molecule has 9 heteroatoms. The molecule has 0 bridgehead atoms. The van der Waals surface area contributed by atoms with Gasteiger partial charge >= 0.3 is 0 Å². The van der Waals surface area contributed by atoms with E-state index >= 15 is 0 Å². The Morgan fingerprint density at radius 1 is 0.909 bits per heavy atom. The number of carbonyl (C=O) groups excluding carboxylic acids is 1. The van der Waals surface area contributed by atoms with Gasteiger partial charge in [0.2, 0.25) is 5.91 Å². The lowest BCUT2D eigenvalue weighted by molar-refractivity contribution is -0.114. The second-order valence-corrected chi connectivity index (χ2v) is 10.4. The average molecular weight is 504 g/mol. The fourth-order valence-corrected chi connectivity index (χ4v) is 5.46. The largest absolute Gasteiger partial charge is 0.372 e. The fraction of sp³-hybridized carbons (Fsp3) is 0.208. The maximum Gasteiger partial charge on any atom is 0.264 e. The zero-order valence-corrected chi connectivity index (χ0v) is 20.1. The lowest BCUT2D eigenvalue weighted by Gasteiger charge is -2.24. The molecule has 6 nitrogen and oxygen atoms in total. The molecule has 1 N–H and O–H groups in total. The molecule has 0 aromatic heterocycles. The Bertz CT molecular complexity index is 1230. The van der Waals surface area contributed by atoms with Gasteiger partial charge in [0, 0.05) is 24.5 Å². The van der Waals surface area contributed by atoms with Gasteiger partial charge in [-0.25, -0.2) is 8.42 Å². The Morgan fingerprint density at radius 2 is 1.58 bits per heavy atom. The number of nitrogens with one attached hydrogen (secondary N) is 1. The molecule has 0 spiro atoms. The van der Waals surface area contributed by atoms with Crippen molar-refractivity contribution < 1.29 is 13.2 Å². The molecular formula is C24H23Cl2N3O3S. The van der Waals surface area contributed by atoms with Crippen LogP contribution in [0.1, 0.15) is 12.8 Å². The molecule has 0 atom stereocenters. The van der Waals surface area contributed by atoms with Crippen LogP contribution in [-0.4, -0.2) is 34.0 Å². The van der Waals surface area contributed by atoms with Crippen molar-refractivity contribution in [3.8, 4) is 0 Å². The van der Waals surface area contributed by atoms with Gasteiger partial charge in [-0.05, 0) is 67.4 Å². The summed E-state index contributed by atoms with van der Waals surface area (Å²) in [6.45, 7) is 1.63. The Hall–Kier alpha value is -2.74. The molecule has 172 valence electrons. The third kappa shape index (κ3) is 5.43. The minimum atomic E-state index is -4.02. The standard InChI is InChI=1S/C24H23Cl2N3O3S/c25-22-13-12-20(16-23(22)26)29(33(31,32)21-6-2-1-3-7-21)17-24(30)27-18-8-10-19(11-9-18)28-14-4-5-15-28/h1-3,6-13,16H,4-5,14-15,17H2,(H,27,30). The first kappa shape index (κ1) is 23.4. The molecule has 1 amide bonds. The smallest absolute Gasteiger partial charge is 0.264 e. The van der Waals surface area contributed by atoms with Crippen LogP contribution in [0.3, 0.4) is 0 Å². The van der Waals surface area contributed by atoms with E-state index in [0.29, 0.717) is 10.7 Å². The highest BCUT2D eigenvalue weighted by Gasteiger charge is 2.27. The molecule has 0 aliphatic carbocycles. The van der Waals surface area contributed by atoms with Crippen molar-refractivity contribution in [1.82, 2.24) is 0 Å². The summed E-state index contributed by atoms with van der Waals surface area (Å²) >= 11 is 12.1.